The minimum atomic E-state index is -2.44. The van der Waals surface area contributed by atoms with Gasteiger partial charge in [-0.2, -0.15) is 8.78 Å². The molecule has 0 aliphatic carbocycles. The van der Waals surface area contributed by atoms with Crippen molar-refractivity contribution in [1.29, 1.82) is 0 Å². The van der Waals surface area contributed by atoms with Gasteiger partial charge in [0.05, 0.1) is 12.0 Å². The van der Waals surface area contributed by atoms with Crippen molar-refractivity contribution in [3.05, 3.63) is 46.5 Å². The Hall–Kier alpha value is -1.69. The molecule has 0 bridgehead atoms. The van der Waals surface area contributed by atoms with Crippen molar-refractivity contribution in [1.82, 2.24) is 9.97 Å². The van der Waals surface area contributed by atoms with Crippen molar-refractivity contribution in [2.45, 2.75) is 24.0 Å². The van der Waals surface area contributed by atoms with E-state index in [1.807, 2.05) is 6.92 Å². The van der Waals surface area contributed by atoms with Crippen molar-refractivity contribution >= 4 is 11.8 Å². The lowest BCUT2D eigenvalue weighted by molar-refractivity contribution is 0.252. The fraction of sp³-hybridized carbons (Fsp3) is 0.231. The standard InChI is InChI=1S/C13H12F2N2OS/c1-2-10-11(16-7-17-12(10)18)8-3-5-9(6-4-8)19-13(14)15/h3-7,13H,2H2,1H3,(H,16,17,18). The fourth-order valence-electron chi connectivity index (χ4n) is 1.80. The number of halogens is 2. The second-order valence-electron chi connectivity index (χ2n) is 3.82. The van der Waals surface area contributed by atoms with Gasteiger partial charge in [-0.1, -0.05) is 30.8 Å². The quantitative estimate of drug-likeness (QED) is 0.875. The van der Waals surface area contributed by atoms with Gasteiger partial charge in [0, 0.05) is 16.0 Å². The number of H-pyrrole nitrogens is 1. The van der Waals surface area contributed by atoms with E-state index >= 15 is 0 Å². The van der Waals surface area contributed by atoms with Crippen LogP contribution in [0.2, 0.25) is 0 Å². The highest BCUT2D eigenvalue weighted by Gasteiger charge is 2.10. The molecule has 1 heterocycles. The van der Waals surface area contributed by atoms with Gasteiger partial charge < -0.3 is 4.98 Å². The van der Waals surface area contributed by atoms with Crippen LogP contribution in [0.4, 0.5) is 8.78 Å². The number of hydrogen-bond acceptors (Lipinski definition) is 3. The molecule has 0 unspecified atom stereocenters. The highest BCUT2D eigenvalue weighted by atomic mass is 32.2. The number of nitrogens with one attached hydrogen (secondary N) is 1. The number of rotatable bonds is 4. The molecule has 2 aromatic rings. The number of hydrogen-bond donors (Lipinski definition) is 1. The smallest absolute Gasteiger partial charge is 0.288 e. The number of nitrogens with zero attached hydrogens (tertiary/aromatic N) is 1. The molecule has 1 N–H and O–H groups in total. The second kappa shape index (κ2) is 5.97. The van der Waals surface area contributed by atoms with Crippen LogP contribution in [0.5, 0.6) is 0 Å². The normalized spacial score (nSPS) is 10.9. The highest BCUT2D eigenvalue weighted by molar-refractivity contribution is 7.99. The first-order valence-corrected chi connectivity index (χ1v) is 6.61. The van der Waals surface area contributed by atoms with Gasteiger partial charge in [-0.25, -0.2) is 4.98 Å². The van der Waals surface area contributed by atoms with Crippen LogP contribution in [-0.2, 0) is 6.42 Å². The Balaban J connectivity index is 2.37. The molecule has 1 aromatic carbocycles. The van der Waals surface area contributed by atoms with E-state index < -0.39 is 5.76 Å². The Morgan fingerprint density at radius 2 is 2.00 bits per heavy atom. The van der Waals surface area contributed by atoms with Gasteiger partial charge in [-0.15, -0.1) is 0 Å². The first-order valence-electron chi connectivity index (χ1n) is 5.73. The molecule has 0 amide bonds. The molecule has 0 aliphatic heterocycles. The molecular weight excluding hydrogens is 270 g/mol. The van der Waals surface area contributed by atoms with Crippen LogP contribution < -0.4 is 5.56 Å². The molecule has 0 spiro atoms. The zero-order valence-corrected chi connectivity index (χ0v) is 11.0. The van der Waals surface area contributed by atoms with E-state index in [0.29, 0.717) is 34.3 Å². The summed E-state index contributed by atoms with van der Waals surface area (Å²) in [6.45, 7) is 1.87. The van der Waals surface area contributed by atoms with Crippen molar-refractivity contribution < 1.29 is 8.78 Å². The number of alkyl halides is 2. The van der Waals surface area contributed by atoms with Crippen molar-refractivity contribution in [2.24, 2.45) is 0 Å². The Morgan fingerprint density at radius 3 is 2.58 bits per heavy atom. The molecule has 6 heteroatoms. The summed E-state index contributed by atoms with van der Waals surface area (Å²) in [5, 5.41) is 0. The number of aromatic amines is 1. The second-order valence-corrected chi connectivity index (χ2v) is 4.88. The maximum atomic E-state index is 12.2. The Labute approximate surface area is 113 Å². The largest absolute Gasteiger partial charge is 0.313 e. The lowest BCUT2D eigenvalue weighted by Crippen LogP contribution is -2.14. The minimum absolute atomic E-state index is 0.168. The summed E-state index contributed by atoms with van der Waals surface area (Å²) in [7, 11) is 0. The van der Waals surface area contributed by atoms with Crippen LogP contribution in [0.15, 0.2) is 40.3 Å². The SMILES string of the molecule is CCc1c(-c2ccc(SC(F)F)cc2)nc[nH]c1=O. The van der Waals surface area contributed by atoms with E-state index in [0.717, 1.165) is 5.56 Å². The lowest BCUT2D eigenvalue weighted by atomic mass is 10.1. The molecule has 100 valence electrons. The van der Waals surface area contributed by atoms with E-state index in [-0.39, 0.29) is 5.56 Å². The summed E-state index contributed by atoms with van der Waals surface area (Å²) in [5.74, 6) is -2.44. The molecule has 0 fully saturated rings. The molecule has 0 saturated carbocycles. The van der Waals surface area contributed by atoms with Crippen molar-refractivity contribution in [2.75, 3.05) is 0 Å². The zero-order valence-electron chi connectivity index (χ0n) is 10.2. The van der Waals surface area contributed by atoms with Gasteiger partial charge in [0.1, 0.15) is 0 Å². The summed E-state index contributed by atoms with van der Waals surface area (Å²) < 4.78 is 24.4. The summed E-state index contributed by atoms with van der Waals surface area (Å²) >= 11 is 0.494. The van der Waals surface area contributed by atoms with E-state index in [9.17, 15) is 13.6 Å². The predicted octanol–water partition coefficient (Wildman–Crippen LogP) is 3.31. The molecule has 3 nitrogen and oxygen atoms in total. The monoisotopic (exact) mass is 282 g/mol. The van der Waals surface area contributed by atoms with Gasteiger partial charge in [0.25, 0.3) is 11.3 Å². The van der Waals surface area contributed by atoms with Crippen molar-refractivity contribution in [3.8, 4) is 11.3 Å². The maximum Gasteiger partial charge on any atom is 0.288 e. The third kappa shape index (κ3) is 3.20. The fourth-order valence-corrected chi connectivity index (χ4v) is 2.30. The van der Waals surface area contributed by atoms with Crippen LogP contribution in [0.3, 0.4) is 0 Å². The highest BCUT2D eigenvalue weighted by Crippen LogP contribution is 2.27. The van der Waals surface area contributed by atoms with Crippen LogP contribution >= 0.6 is 11.8 Å². The molecule has 0 saturated heterocycles. The van der Waals surface area contributed by atoms with Crippen LogP contribution in [-0.4, -0.2) is 15.7 Å². The van der Waals surface area contributed by atoms with Gasteiger partial charge >= 0.3 is 0 Å². The van der Waals surface area contributed by atoms with Crippen LogP contribution in [0, 0.1) is 0 Å². The first kappa shape index (κ1) is 13.7. The molecule has 0 atom stereocenters. The summed E-state index contributed by atoms with van der Waals surface area (Å²) in [4.78, 5) is 18.8. The van der Waals surface area contributed by atoms with E-state index in [2.05, 4.69) is 9.97 Å². The van der Waals surface area contributed by atoms with Crippen LogP contribution in [0.1, 0.15) is 12.5 Å². The van der Waals surface area contributed by atoms with Gasteiger partial charge in [-0.3, -0.25) is 4.79 Å². The van der Waals surface area contributed by atoms with Gasteiger partial charge in [0.2, 0.25) is 0 Å². The molecule has 1 aromatic heterocycles. The summed E-state index contributed by atoms with van der Waals surface area (Å²) in [5.41, 5.74) is 1.77. The topological polar surface area (TPSA) is 45.8 Å². The number of benzene rings is 1. The number of thioether (sulfide) groups is 1. The minimum Gasteiger partial charge on any atom is -0.313 e. The first-order chi connectivity index (χ1) is 9.11. The Morgan fingerprint density at radius 1 is 1.32 bits per heavy atom. The third-order valence-corrected chi connectivity index (χ3v) is 3.38. The zero-order chi connectivity index (χ0) is 13.8. The molecule has 0 radical (unpaired) electrons. The molecule has 19 heavy (non-hydrogen) atoms. The van der Waals surface area contributed by atoms with E-state index in [4.69, 9.17) is 0 Å². The number of aromatic nitrogens is 2. The maximum absolute atomic E-state index is 12.2. The van der Waals surface area contributed by atoms with Crippen LogP contribution in [0.25, 0.3) is 11.3 Å². The van der Waals surface area contributed by atoms with Gasteiger partial charge in [0.15, 0.2) is 0 Å². The Bertz CT molecular complexity index is 611. The molecular formula is C13H12F2N2OS. The third-order valence-electron chi connectivity index (χ3n) is 2.66. The summed E-state index contributed by atoms with van der Waals surface area (Å²) in [6.07, 6.45) is 1.91. The Kier molecular flexibility index (Phi) is 4.31. The predicted molar refractivity (Wildman–Crippen MR) is 71.5 cm³/mol. The lowest BCUT2D eigenvalue weighted by Gasteiger charge is -2.06. The average molecular weight is 282 g/mol. The van der Waals surface area contributed by atoms with Crippen molar-refractivity contribution in [3.63, 3.8) is 0 Å². The average Bonchev–Trinajstić information content (AvgIpc) is 2.38. The van der Waals surface area contributed by atoms with Gasteiger partial charge in [-0.05, 0) is 18.6 Å². The summed E-state index contributed by atoms with van der Waals surface area (Å²) in [6, 6.07) is 6.61. The molecule has 0 aliphatic rings. The van der Waals surface area contributed by atoms with E-state index in [1.54, 1.807) is 24.3 Å². The molecule has 2 rings (SSSR count). The van der Waals surface area contributed by atoms with E-state index in [1.165, 1.54) is 6.33 Å².